The lowest BCUT2D eigenvalue weighted by Crippen LogP contribution is -2.33. The maximum Gasteiger partial charge on any atom is 0.223 e. The molecule has 0 aliphatic carbocycles. The molecule has 130 valence electrons. The molecule has 2 atom stereocenters. The number of rotatable bonds is 5. The van der Waals surface area contributed by atoms with Crippen molar-refractivity contribution in [2.75, 3.05) is 20.1 Å². The molecule has 0 saturated carbocycles. The third-order valence-electron chi connectivity index (χ3n) is 4.34. The van der Waals surface area contributed by atoms with E-state index in [1.165, 1.54) is 0 Å². The topological polar surface area (TPSA) is 88.5 Å². The normalized spacial score (nSPS) is 21.5. The Morgan fingerprint density at radius 2 is 2.22 bits per heavy atom. The molecule has 0 radical (unpaired) electrons. The van der Waals surface area contributed by atoms with Gasteiger partial charge in [0.05, 0.1) is 12.2 Å². The molecular weight excluding hydrogens is 407 g/mol. The predicted molar refractivity (Wildman–Crippen MR) is 102 cm³/mol. The van der Waals surface area contributed by atoms with E-state index in [-0.39, 0.29) is 41.8 Å². The van der Waals surface area contributed by atoms with Crippen LogP contribution in [0.2, 0.25) is 0 Å². The van der Waals surface area contributed by atoms with Gasteiger partial charge in [-0.1, -0.05) is 6.92 Å². The predicted octanol–water partition coefficient (Wildman–Crippen LogP) is 1.18. The van der Waals surface area contributed by atoms with Crippen molar-refractivity contribution in [1.29, 1.82) is 0 Å². The molecule has 1 aliphatic rings. The van der Waals surface area contributed by atoms with Crippen molar-refractivity contribution in [2.45, 2.75) is 32.7 Å². The Balaban J connectivity index is 0.00000264. The van der Waals surface area contributed by atoms with E-state index in [2.05, 4.69) is 22.3 Å². The number of nitrogens with one attached hydrogen (secondary N) is 1. The molecule has 1 aromatic heterocycles. The minimum Gasteiger partial charge on any atom is -0.370 e. The van der Waals surface area contributed by atoms with Gasteiger partial charge in [-0.25, -0.2) is 0 Å². The van der Waals surface area contributed by atoms with E-state index in [4.69, 9.17) is 5.73 Å². The standard InChI is InChI=1S/C15H26N6O.HI/c1-5-6-17-15(16)18-8-11-7-13(22)20(3)14(11)12-9-19-21(4)10(12)2;/h9,11,14H,5-8H2,1-4H3,(H3,16,17,18);1H/t11-,14+;/m0./s1. The second-order valence-corrected chi connectivity index (χ2v) is 5.88. The molecule has 1 amide bonds. The molecular formula is C15H27IN6O. The second kappa shape index (κ2) is 8.51. The van der Waals surface area contributed by atoms with E-state index in [0.717, 1.165) is 24.2 Å². The van der Waals surface area contributed by atoms with Crippen LogP contribution in [0.25, 0.3) is 0 Å². The summed E-state index contributed by atoms with van der Waals surface area (Å²) in [5, 5.41) is 7.36. The summed E-state index contributed by atoms with van der Waals surface area (Å²) in [7, 11) is 3.76. The van der Waals surface area contributed by atoms with Crippen molar-refractivity contribution in [3.63, 3.8) is 0 Å². The number of hydrogen-bond acceptors (Lipinski definition) is 3. The van der Waals surface area contributed by atoms with E-state index in [0.29, 0.717) is 18.9 Å². The highest BCUT2D eigenvalue weighted by molar-refractivity contribution is 14.0. The number of amides is 1. The van der Waals surface area contributed by atoms with Crippen LogP contribution in [0.15, 0.2) is 11.2 Å². The van der Waals surface area contributed by atoms with Gasteiger partial charge < -0.3 is 16.0 Å². The number of nitrogens with zero attached hydrogens (tertiary/aromatic N) is 4. The lowest BCUT2D eigenvalue weighted by Gasteiger charge is -2.24. The van der Waals surface area contributed by atoms with Gasteiger partial charge >= 0.3 is 0 Å². The number of guanidine groups is 1. The second-order valence-electron chi connectivity index (χ2n) is 5.88. The molecule has 2 rings (SSSR count). The Morgan fingerprint density at radius 1 is 1.52 bits per heavy atom. The van der Waals surface area contributed by atoms with Gasteiger partial charge in [-0.3, -0.25) is 14.5 Å². The summed E-state index contributed by atoms with van der Waals surface area (Å²) in [6.45, 7) is 5.45. The number of likely N-dealkylation sites (tertiary alicyclic amines) is 1. The highest BCUT2D eigenvalue weighted by Crippen LogP contribution is 2.38. The fraction of sp³-hybridized carbons (Fsp3) is 0.667. The van der Waals surface area contributed by atoms with Gasteiger partial charge in [0, 0.05) is 50.8 Å². The lowest BCUT2D eigenvalue weighted by atomic mass is 9.94. The smallest absolute Gasteiger partial charge is 0.223 e. The largest absolute Gasteiger partial charge is 0.370 e. The highest BCUT2D eigenvalue weighted by atomic mass is 127. The lowest BCUT2D eigenvalue weighted by molar-refractivity contribution is -0.127. The van der Waals surface area contributed by atoms with E-state index in [9.17, 15) is 4.79 Å². The summed E-state index contributed by atoms with van der Waals surface area (Å²) in [5.41, 5.74) is 8.02. The van der Waals surface area contributed by atoms with E-state index in [1.54, 1.807) is 4.90 Å². The Labute approximate surface area is 154 Å². The van der Waals surface area contributed by atoms with Crippen molar-refractivity contribution >= 4 is 35.8 Å². The van der Waals surface area contributed by atoms with Crippen LogP contribution in [0.4, 0.5) is 0 Å². The van der Waals surface area contributed by atoms with Gasteiger partial charge in [0.2, 0.25) is 5.91 Å². The van der Waals surface area contributed by atoms with Crippen molar-refractivity contribution in [1.82, 2.24) is 20.0 Å². The maximum absolute atomic E-state index is 12.1. The van der Waals surface area contributed by atoms with Crippen LogP contribution < -0.4 is 11.1 Å². The molecule has 7 nitrogen and oxygen atoms in total. The zero-order valence-electron chi connectivity index (χ0n) is 14.2. The molecule has 23 heavy (non-hydrogen) atoms. The molecule has 0 spiro atoms. The molecule has 1 aliphatic heterocycles. The Kier molecular flexibility index (Phi) is 7.30. The van der Waals surface area contributed by atoms with Crippen molar-refractivity contribution in [2.24, 2.45) is 23.7 Å². The molecule has 1 fully saturated rings. The summed E-state index contributed by atoms with van der Waals surface area (Å²) < 4.78 is 1.84. The minimum atomic E-state index is 0. The van der Waals surface area contributed by atoms with Crippen molar-refractivity contribution in [3.05, 3.63) is 17.5 Å². The average Bonchev–Trinajstić information content (AvgIpc) is 2.96. The van der Waals surface area contributed by atoms with E-state index >= 15 is 0 Å². The van der Waals surface area contributed by atoms with Crippen LogP contribution in [-0.4, -0.2) is 46.7 Å². The zero-order chi connectivity index (χ0) is 16.3. The third-order valence-corrected chi connectivity index (χ3v) is 4.34. The Bertz CT molecular complexity index is 570. The minimum absolute atomic E-state index is 0. The SMILES string of the molecule is CCCNC(N)=NC[C@@H]1CC(=O)N(C)[C@H]1c1cnn(C)c1C.I. The Morgan fingerprint density at radius 3 is 2.78 bits per heavy atom. The van der Waals surface area contributed by atoms with Gasteiger partial charge in [0.1, 0.15) is 0 Å². The first-order valence-electron chi connectivity index (χ1n) is 7.73. The number of nitrogens with two attached hydrogens (primary N) is 1. The summed E-state index contributed by atoms with van der Waals surface area (Å²) in [6.07, 6.45) is 3.35. The first kappa shape index (κ1) is 19.7. The Hall–Kier alpha value is -1.32. The van der Waals surface area contributed by atoms with Crippen LogP contribution in [0, 0.1) is 12.8 Å². The molecule has 0 aromatic carbocycles. The van der Waals surface area contributed by atoms with Crippen LogP contribution >= 0.6 is 24.0 Å². The highest BCUT2D eigenvalue weighted by Gasteiger charge is 2.39. The summed E-state index contributed by atoms with van der Waals surface area (Å²) in [4.78, 5) is 18.3. The molecule has 1 saturated heterocycles. The number of aliphatic imine (C=N–C) groups is 1. The van der Waals surface area contributed by atoms with Crippen LogP contribution in [-0.2, 0) is 11.8 Å². The maximum atomic E-state index is 12.1. The quantitative estimate of drug-likeness (QED) is 0.414. The number of aromatic nitrogens is 2. The molecule has 2 heterocycles. The average molecular weight is 434 g/mol. The van der Waals surface area contributed by atoms with E-state index in [1.807, 2.05) is 31.9 Å². The molecule has 1 aromatic rings. The fourth-order valence-electron chi connectivity index (χ4n) is 2.91. The molecule has 3 N–H and O–H groups in total. The van der Waals surface area contributed by atoms with Crippen molar-refractivity contribution < 1.29 is 4.79 Å². The number of carbonyl (C=O) groups is 1. The van der Waals surface area contributed by atoms with Crippen LogP contribution in [0.1, 0.15) is 37.1 Å². The van der Waals surface area contributed by atoms with Gasteiger partial charge in [-0.05, 0) is 13.3 Å². The molecule has 8 heteroatoms. The van der Waals surface area contributed by atoms with Gasteiger partial charge in [0.25, 0.3) is 0 Å². The van der Waals surface area contributed by atoms with Gasteiger partial charge in [0.15, 0.2) is 5.96 Å². The number of carbonyl (C=O) groups excluding carboxylic acids is 1. The molecule has 0 unspecified atom stereocenters. The zero-order valence-corrected chi connectivity index (χ0v) is 16.6. The van der Waals surface area contributed by atoms with Crippen molar-refractivity contribution in [3.8, 4) is 0 Å². The van der Waals surface area contributed by atoms with Crippen LogP contribution in [0.5, 0.6) is 0 Å². The number of aryl methyl sites for hydroxylation is 1. The van der Waals surface area contributed by atoms with E-state index < -0.39 is 0 Å². The first-order chi connectivity index (χ1) is 10.5. The summed E-state index contributed by atoms with van der Waals surface area (Å²) in [6, 6.07) is 0.0175. The van der Waals surface area contributed by atoms with Crippen LogP contribution in [0.3, 0.4) is 0 Å². The number of halogens is 1. The summed E-state index contributed by atoms with van der Waals surface area (Å²) >= 11 is 0. The fourth-order valence-corrected chi connectivity index (χ4v) is 2.91. The van der Waals surface area contributed by atoms with Gasteiger partial charge in [-0.2, -0.15) is 5.10 Å². The molecule has 0 bridgehead atoms. The van der Waals surface area contributed by atoms with Gasteiger partial charge in [-0.15, -0.1) is 24.0 Å². The monoisotopic (exact) mass is 434 g/mol. The number of hydrogen-bond donors (Lipinski definition) is 2. The summed E-state index contributed by atoms with van der Waals surface area (Å²) in [5.74, 6) is 0.724. The third kappa shape index (κ3) is 4.36. The first-order valence-corrected chi connectivity index (χ1v) is 7.73.